The molecule has 0 aliphatic heterocycles. The zero-order valence-corrected chi connectivity index (χ0v) is 12.6. The molecule has 0 spiro atoms. The van der Waals surface area contributed by atoms with Crippen LogP contribution >= 0.6 is 11.3 Å². The van der Waals surface area contributed by atoms with Crippen LogP contribution in [0.25, 0.3) is 0 Å². The highest BCUT2D eigenvalue weighted by molar-refractivity contribution is 7.91. The number of rotatable bonds is 7. The molecule has 0 saturated carbocycles. The van der Waals surface area contributed by atoms with Crippen LogP contribution in [0.5, 0.6) is 0 Å². The Kier molecular flexibility index (Phi) is 5.52. The molecule has 0 unspecified atom stereocenters. The Morgan fingerprint density at radius 3 is 2.72 bits per heavy atom. The minimum Gasteiger partial charge on any atom is -0.316 e. The van der Waals surface area contributed by atoms with Crippen LogP contribution in [0.1, 0.15) is 19.4 Å². The minimum absolute atomic E-state index is 0.0807. The lowest BCUT2D eigenvalue weighted by atomic mass is 10.3. The van der Waals surface area contributed by atoms with Crippen molar-refractivity contribution in [1.82, 2.24) is 9.62 Å². The van der Waals surface area contributed by atoms with E-state index < -0.39 is 10.0 Å². The van der Waals surface area contributed by atoms with Crippen molar-refractivity contribution in [2.45, 2.75) is 30.6 Å². The highest BCUT2D eigenvalue weighted by atomic mass is 32.2. The molecule has 0 atom stereocenters. The second kappa shape index (κ2) is 6.47. The van der Waals surface area contributed by atoms with Gasteiger partial charge in [0.25, 0.3) is 10.0 Å². The summed E-state index contributed by atoms with van der Waals surface area (Å²) < 4.78 is 26.7. The average molecular weight is 288 g/mol. The van der Waals surface area contributed by atoms with Crippen molar-refractivity contribution < 1.29 is 8.42 Å². The molecule has 18 heavy (non-hydrogen) atoms. The SMILES string of the molecule is C=CCN(C(C)C)S(=O)(=O)c1cc(CNC)cs1. The minimum atomic E-state index is -3.41. The second-order valence-corrected chi connectivity index (χ2v) is 7.29. The van der Waals surface area contributed by atoms with E-state index in [9.17, 15) is 8.42 Å². The zero-order valence-electron chi connectivity index (χ0n) is 11.0. The molecule has 1 aromatic rings. The molecule has 0 aliphatic rings. The Morgan fingerprint density at radius 2 is 2.22 bits per heavy atom. The molecule has 1 N–H and O–H groups in total. The molecule has 0 fully saturated rings. The number of thiophene rings is 1. The maximum atomic E-state index is 12.4. The fourth-order valence-electron chi connectivity index (χ4n) is 1.61. The lowest BCUT2D eigenvalue weighted by Crippen LogP contribution is -2.36. The van der Waals surface area contributed by atoms with E-state index in [0.29, 0.717) is 17.3 Å². The molecule has 6 heteroatoms. The molecule has 4 nitrogen and oxygen atoms in total. The van der Waals surface area contributed by atoms with Crippen LogP contribution in [0, 0.1) is 0 Å². The fourth-order valence-corrected chi connectivity index (χ4v) is 4.56. The summed E-state index contributed by atoms with van der Waals surface area (Å²) in [5, 5.41) is 4.88. The summed E-state index contributed by atoms with van der Waals surface area (Å²) in [7, 11) is -1.57. The van der Waals surface area contributed by atoms with Crippen LogP contribution in [-0.4, -0.2) is 32.4 Å². The summed E-state index contributed by atoms with van der Waals surface area (Å²) in [4.78, 5) is 0. The third-order valence-corrected chi connectivity index (χ3v) is 5.96. The molecule has 1 aromatic heterocycles. The van der Waals surface area contributed by atoms with Crippen molar-refractivity contribution in [2.24, 2.45) is 0 Å². The summed E-state index contributed by atoms with van der Waals surface area (Å²) in [6.07, 6.45) is 1.61. The van der Waals surface area contributed by atoms with Crippen LogP contribution in [0.3, 0.4) is 0 Å². The van der Waals surface area contributed by atoms with Crippen molar-refractivity contribution in [3.05, 3.63) is 29.7 Å². The van der Waals surface area contributed by atoms with Gasteiger partial charge in [0.15, 0.2) is 0 Å². The quantitative estimate of drug-likeness (QED) is 0.781. The molecular weight excluding hydrogens is 268 g/mol. The van der Waals surface area contributed by atoms with Gasteiger partial charge in [0.1, 0.15) is 4.21 Å². The van der Waals surface area contributed by atoms with Gasteiger partial charge in [0.2, 0.25) is 0 Å². The summed E-state index contributed by atoms with van der Waals surface area (Å²) in [5.74, 6) is 0. The Balaban J connectivity index is 3.05. The van der Waals surface area contributed by atoms with E-state index in [-0.39, 0.29) is 6.04 Å². The molecule has 1 heterocycles. The van der Waals surface area contributed by atoms with Gasteiger partial charge in [-0.2, -0.15) is 4.31 Å². The molecule has 0 bridgehead atoms. The lowest BCUT2D eigenvalue weighted by molar-refractivity contribution is 0.384. The van der Waals surface area contributed by atoms with Gasteiger partial charge in [-0.3, -0.25) is 0 Å². The van der Waals surface area contributed by atoms with Crippen LogP contribution in [0.2, 0.25) is 0 Å². The molecular formula is C12H20N2O2S2. The van der Waals surface area contributed by atoms with Crippen molar-refractivity contribution in [2.75, 3.05) is 13.6 Å². The third-order valence-electron chi connectivity index (χ3n) is 2.46. The van der Waals surface area contributed by atoms with E-state index in [4.69, 9.17) is 0 Å². The first-order chi connectivity index (χ1) is 8.43. The van der Waals surface area contributed by atoms with Gasteiger partial charge in [-0.05, 0) is 37.9 Å². The van der Waals surface area contributed by atoms with Crippen LogP contribution in [-0.2, 0) is 16.6 Å². The van der Waals surface area contributed by atoms with E-state index >= 15 is 0 Å². The number of sulfonamides is 1. The van der Waals surface area contributed by atoms with Gasteiger partial charge in [-0.15, -0.1) is 17.9 Å². The summed E-state index contributed by atoms with van der Waals surface area (Å²) in [5.41, 5.74) is 0.989. The predicted octanol–water partition coefficient (Wildman–Crippen LogP) is 2.05. The first-order valence-electron chi connectivity index (χ1n) is 5.78. The molecule has 0 aromatic carbocycles. The van der Waals surface area contributed by atoms with Crippen molar-refractivity contribution in [1.29, 1.82) is 0 Å². The first kappa shape index (κ1) is 15.4. The topological polar surface area (TPSA) is 49.4 Å². The predicted molar refractivity (Wildman–Crippen MR) is 76.3 cm³/mol. The van der Waals surface area contributed by atoms with Gasteiger partial charge >= 0.3 is 0 Å². The number of nitrogens with zero attached hydrogens (tertiary/aromatic N) is 1. The average Bonchev–Trinajstić information content (AvgIpc) is 2.75. The van der Waals surface area contributed by atoms with Crippen LogP contribution in [0.15, 0.2) is 28.3 Å². The van der Waals surface area contributed by atoms with Gasteiger partial charge < -0.3 is 5.32 Å². The van der Waals surface area contributed by atoms with Gasteiger partial charge in [0, 0.05) is 19.1 Å². The second-order valence-electron chi connectivity index (χ2n) is 4.26. The monoisotopic (exact) mass is 288 g/mol. The van der Waals surface area contributed by atoms with Crippen LogP contribution in [0.4, 0.5) is 0 Å². The molecule has 0 radical (unpaired) electrons. The highest BCUT2D eigenvalue weighted by Gasteiger charge is 2.27. The van der Waals surface area contributed by atoms with Crippen LogP contribution < -0.4 is 5.32 Å². The van der Waals surface area contributed by atoms with Crippen molar-refractivity contribution >= 4 is 21.4 Å². The normalized spacial score (nSPS) is 12.3. The van der Waals surface area contributed by atoms with Gasteiger partial charge in [-0.1, -0.05) is 6.08 Å². The standard InChI is InChI=1S/C12H20N2O2S2/c1-5-6-14(10(2)3)18(15,16)12-7-11(8-13-4)9-17-12/h5,7,9-10,13H,1,6,8H2,2-4H3. The summed E-state index contributed by atoms with van der Waals surface area (Å²) >= 11 is 1.26. The third kappa shape index (κ3) is 3.41. The largest absolute Gasteiger partial charge is 0.316 e. The smallest absolute Gasteiger partial charge is 0.253 e. The number of nitrogens with one attached hydrogen (secondary N) is 1. The van der Waals surface area contributed by atoms with E-state index in [0.717, 1.165) is 5.56 Å². The van der Waals surface area contributed by atoms with Gasteiger partial charge in [-0.25, -0.2) is 8.42 Å². The van der Waals surface area contributed by atoms with E-state index in [1.54, 1.807) is 12.1 Å². The van der Waals surface area contributed by atoms with E-state index in [2.05, 4.69) is 11.9 Å². The maximum absolute atomic E-state index is 12.4. The van der Waals surface area contributed by atoms with E-state index in [1.807, 2.05) is 26.3 Å². The van der Waals surface area contributed by atoms with Gasteiger partial charge in [0.05, 0.1) is 0 Å². The fraction of sp³-hybridized carbons (Fsp3) is 0.500. The summed E-state index contributed by atoms with van der Waals surface area (Å²) in [6, 6.07) is 1.65. The van der Waals surface area contributed by atoms with Crippen molar-refractivity contribution in [3.8, 4) is 0 Å². The number of hydrogen-bond donors (Lipinski definition) is 1. The Morgan fingerprint density at radius 1 is 1.56 bits per heavy atom. The maximum Gasteiger partial charge on any atom is 0.253 e. The van der Waals surface area contributed by atoms with E-state index in [1.165, 1.54) is 15.6 Å². The highest BCUT2D eigenvalue weighted by Crippen LogP contribution is 2.25. The summed E-state index contributed by atoms with van der Waals surface area (Å²) in [6.45, 7) is 8.35. The molecule has 1 rings (SSSR count). The Hall–Kier alpha value is -0.690. The Bertz CT molecular complexity index is 492. The zero-order chi connectivity index (χ0) is 13.8. The molecule has 102 valence electrons. The number of hydrogen-bond acceptors (Lipinski definition) is 4. The van der Waals surface area contributed by atoms with Crippen molar-refractivity contribution in [3.63, 3.8) is 0 Å². The molecule has 0 saturated heterocycles. The first-order valence-corrected chi connectivity index (χ1v) is 8.10. The molecule has 0 amide bonds. The molecule has 0 aliphatic carbocycles. The lowest BCUT2D eigenvalue weighted by Gasteiger charge is -2.23. The Labute approximate surface area is 113 Å².